The molecule has 0 aromatic carbocycles. The minimum atomic E-state index is -0.315. The van der Waals surface area contributed by atoms with E-state index in [1.807, 2.05) is 11.8 Å². The van der Waals surface area contributed by atoms with E-state index in [1.165, 1.54) is 0 Å². The molecule has 1 heterocycles. The first-order chi connectivity index (χ1) is 7.69. The molecule has 0 aliphatic carbocycles. The van der Waals surface area contributed by atoms with Gasteiger partial charge in [-0.1, -0.05) is 6.92 Å². The van der Waals surface area contributed by atoms with Crippen LogP contribution in [0.4, 0.5) is 0 Å². The monoisotopic (exact) mass is 244 g/mol. The summed E-state index contributed by atoms with van der Waals surface area (Å²) in [4.78, 5) is 25.2. The molecule has 0 radical (unpaired) electrons. The van der Waals surface area contributed by atoms with Crippen LogP contribution in [0, 0.1) is 0 Å². The Morgan fingerprint density at radius 3 is 2.88 bits per heavy atom. The maximum absolute atomic E-state index is 12.0. The molecule has 0 saturated carbocycles. The number of carbonyl (C=O) groups is 2. The number of hydrogen-bond donors (Lipinski definition) is 1. The van der Waals surface area contributed by atoms with Gasteiger partial charge in [0.1, 0.15) is 6.04 Å². The third kappa shape index (κ3) is 3.70. The molecule has 1 rings (SSSR count). The molecule has 92 valence electrons. The van der Waals surface area contributed by atoms with Crippen LogP contribution < -0.4 is 5.32 Å². The van der Waals surface area contributed by atoms with E-state index in [1.54, 1.807) is 11.8 Å². The van der Waals surface area contributed by atoms with Gasteiger partial charge < -0.3 is 10.2 Å². The fourth-order valence-corrected chi connectivity index (χ4v) is 2.21. The average Bonchev–Trinajstić information content (AvgIpc) is 2.41. The summed E-state index contributed by atoms with van der Waals surface area (Å²) in [6.07, 6.45) is 4.16. The van der Waals surface area contributed by atoms with Gasteiger partial charge in [0.2, 0.25) is 11.8 Å². The Hall–Kier alpha value is -0.710. The molecule has 1 unspecified atom stereocenters. The molecule has 0 spiro atoms. The number of hydrogen-bond acceptors (Lipinski definition) is 3. The van der Waals surface area contributed by atoms with Crippen LogP contribution >= 0.6 is 11.8 Å². The van der Waals surface area contributed by atoms with Gasteiger partial charge in [0.15, 0.2) is 0 Å². The lowest BCUT2D eigenvalue weighted by Crippen LogP contribution is -2.44. The summed E-state index contributed by atoms with van der Waals surface area (Å²) >= 11 is 1.78. The molecule has 16 heavy (non-hydrogen) atoms. The van der Waals surface area contributed by atoms with Gasteiger partial charge in [0.05, 0.1) is 0 Å². The summed E-state index contributed by atoms with van der Waals surface area (Å²) < 4.78 is 0. The van der Waals surface area contributed by atoms with Crippen LogP contribution in [0.25, 0.3) is 0 Å². The van der Waals surface area contributed by atoms with Crippen molar-refractivity contribution in [1.29, 1.82) is 0 Å². The first-order valence-electron chi connectivity index (χ1n) is 5.76. The van der Waals surface area contributed by atoms with Gasteiger partial charge in [-0.25, -0.2) is 0 Å². The second-order valence-corrected chi connectivity index (χ2v) is 4.94. The first-order valence-corrected chi connectivity index (χ1v) is 7.15. The maximum Gasteiger partial charge on any atom is 0.245 e. The molecular weight excluding hydrogens is 224 g/mol. The molecular formula is C11H20N2O2S. The smallest absolute Gasteiger partial charge is 0.245 e. The highest BCUT2D eigenvalue weighted by molar-refractivity contribution is 7.98. The highest BCUT2D eigenvalue weighted by atomic mass is 32.2. The van der Waals surface area contributed by atoms with Gasteiger partial charge in [0, 0.05) is 19.5 Å². The first kappa shape index (κ1) is 13.4. The summed E-state index contributed by atoms with van der Waals surface area (Å²) in [5.74, 6) is 1.13. The normalized spacial score (nSPS) is 21.9. The van der Waals surface area contributed by atoms with Crippen LogP contribution in [-0.4, -0.2) is 47.9 Å². The van der Waals surface area contributed by atoms with Crippen LogP contribution in [0.3, 0.4) is 0 Å². The van der Waals surface area contributed by atoms with Crippen molar-refractivity contribution >= 4 is 23.6 Å². The number of rotatable bonds is 5. The summed E-state index contributed by atoms with van der Waals surface area (Å²) in [7, 11) is 0. The Morgan fingerprint density at radius 2 is 2.25 bits per heavy atom. The van der Waals surface area contributed by atoms with Crippen molar-refractivity contribution in [3.63, 3.8) is 0 Å². The van der Waals surface area contributed by atoms with Gasteiger partial charge >= 0.3 is 0 Å². The number of amides is 2. The Bertz CT molecular complexity index is 258. The highest BCUT2D eigenvalue weighted by Gasteiger charge is 2.27. The topological polar surface area (TPSA) is 49.4 Å². The molecule has 1 aliphatic heterocycles. The van der Waals surface area contributed by atoms with Gasteiger partial charge in [-0.2, -0.15) is 11.8 Å². The van der Waals surface area contributed by atoms with Crippen LogP contribution in [0.15, 0.2) is 0 Å². The lowest BCUT2D eigenvalue weighted by molar-refractivity contribution is -0.133. The standard InChI is InChI=1S/C11H20N2O2S/c1-3-9-11(15)13(6-4-8-16-2)7-5-10(14)12-9/h9H,3-8H2,1-2H3,(H,12,14). The van der Waals surface area contributed by atoms with E-state index in [0.717, 1.165) is 18.7 Å². The van der Waals surface area contributed by atoms with Crippen molar-refractivity contribution in [3.05, 3.63) is 0 Å². The number of thioether (sulfide) groups is 1. The second-order valence-electron chi connectivity index (χ2n) is 3.95. The molecule has 1 N–H and O–H groups in total. The van der Waals surface area contributed by atoms with Crippen LogP contribution in [-0.2, 0) is 9.59 Å². The zero-order chi connectivity index (χ0) is 12.0. The minimum Gasteiger partial charge on any atom is -0.344 e. The number of nitrogens with zero attached hydrogens (tertiary/aromatic N) is 1. The van der Waals surface area contributed by atoms with Crippen molar-refractivity contribution in [2.24, 2.45) is 0 Å². The zero-order valence-electron chi connectivity index (χ0n) is 9.99. The van der Waals surface area contributed by atoms with Gasteiger partial charge in [-0.05, 0) is 24.9 Å². The lowest BCUT2D eigenvalue weighted by Gasteiger charge is -2.23. The van der Waals surface area contributed by atoms with E-state index in [4.69, 9.17) is 0 Å². The van der Waals surface area contributed by atoms with Crippen LogP contribution in [0.2, 0.25) is 0 Å². The fraction of sp³-hybridized carbons (Fsp3) is 0.818. The van der Waals surface area contributed by atoms with E-state index < -0.39 is 0 Å². The molecule has 4 nitrogen and oxygen atoms in total. The molecule has 0 aromatic rings. The van der Waals surface area contributed by atoms with Crippen molar-refractivity contribution in [3.8, 4) is 0 Å². The lowest BCUT2D eigenvalue weighted by atomic mass is 10.2. The molecule has 1 fully saturated rings. The second kappa shape index (κ2) is 6.78. The van der Waals surface area contributed by atoms with E-state index in [0.29, 0.717) is 19.4 Å². The van der Waals surface area contributed by atoms with Crippen molar-refractivity contribution < 1.29 is 9.59 Å². The molecule has 2 amide bonds. The SMILES string of the molecule is CCC1NC(=O)CCN(CCCSC)C1=O. The highest BCUT2D eigenvalue weighted by Crippen LogP contribution is 2.08. The predicted molar refractivity (Wildman–Crippen MR) is 66.4 cm³/mol. The zero-order valence-corrected chi connectivity index (χ0v) is 10.8. The molecule has 5 heteroatoms. The average molecular weight is 244 g/mol. The predicted octanol–water partition coefficient (Wildman–Crippen LogP) is 0.867. The van der Waals surface area contributed by atoms with Crippen molar-refractivity contribution in [2.45, 2.75) is 32.2 Å². The molecule has 1 atom stereocenters. The summed E-state index contributed by atoms with van der Waals surface area (Å²) in [5, 5.41) is 2.76. The van der Waals surface area contributed by atoms with E-state index in [-0.39, 0.29) is 17.9 Å². The van der Waals surface area contributed by atoms with Gasteiger partial charge in [-0.3, -0.25) is 9.59 Å². The maximum atomic E-state index is 12.0. The summed E-state index contributed by atoms with van der Waals surface area (Å²) in [6, 6.07) is -0.315. The Morgan fingerprint density at radius 1 is 1.50 bits per heavy atom. The Kier molecular flexibility index (Phi) is 5.66. The van der Waals surface area contributed by atoms with Gasteiger partial charge in [0.25, 0.3) is 0 Å². The fourth-order valence-electron chi connectivity index (χ4n) is 1.79. The van der Waals surface area contributed by atoms with Crippen LogP contribution in [0.5, 0.6) is 0 Å². The third-order valence-corrected chi connectivity index (χ3v) is 3.44. The van der Waals surface area contributed by atoms with E-state index in [2.05, 4.69) is 11.6 Å². The summed E-state index contributed by atoms with van der Waals surface area (Å²) in [6.45, 7) is 3.26. The number of carbonyl (C=O) groups excluding carboxylic acids is 2. The molecule has 0 aromatic heterocycles. The largest absolute Gasteiger partial charge is 0.344 e. The molecule has 1 aliphatic rings. The molecule has 1 saturated heterocycles. The van der Waals surface area contributed by atoms with Gasteiger partial charge in [-0.15, -0.1) is 0 Å². The van der Waals surface area contributed by atoms with Crippen molar-refractivity contribution in [2.75, 3.05) is 25.1 Å². The minimum absolute atomic E-state index is 0.00688. The summed E-state index contributed by atoms with van der Waals surface area (Å²) in [5.41, 5.74) is 0. The van der Waals surface area contributed by atoms with E-state index in [9.17, 15) is 9.59 Å². The quantitative estimate of drug-likeness (QED) is 0.730. The number of nitrogens with one attached hydrogen (secondary N) is 1. The Balaban J connectivity index is 2.54. The third-order valence-electron chi connectivity index (χ3n) is 2.74. The van der Waals surface area contributed by atoms with Crippen LogP contribution in [0.1, 0.15) is 26.2 Å². The Labute approximate surface area is 101 Å². The molecule has 0 bridgehead atoms. The van der Waals surface area contributed by atoms with E-state index >= 15 is 0 Å². The van der Waals surface area contributed by atoms with Crippen molar-refractivity contribution in [1.82, 2.24) is 10.2 Å².